The van der Waals surface area contributed by atoms with E-state index < -0.39 is 15.8 Å². The van der Waals surface area contributed by atoms with Crippen LogP contribution in [0.1, 0.15) is 11.1 Å². The number of nitrogens with zero attached hydrogens (tertiary/aromatic N) is 1. The molecule has 82 valence electrons. The summed E-state index contributed by atoms with van der Waals surface area (Å²) in [6, 6.07) is 2.80. The molecule has 0 aromatic heterocycles. The number of fused-ring (bicyclic) bond motifs is 1. The van der Waals surface area contributed by atoms with E-state index >= 15 is 0 Å². The quantitative estimate of drug-likeness (QED) is 0.722. The molecule has 1 heterocycles. The first kappa shape index (κ1) is 10.4. The molecule has 2 N–H and O–H groups in total. The molecule has 1 aromatic carbocycles. The normalized spacial score (nSPS) is 16.7. The van der Waals surface area contributed by atoms with E-state index in [1.807, 2.05) is 0 Å². The van der Waals surface area contributed by atoms with E-state index in [1.165, 1.54) is 16.4 Å². The van der Waals surface area contributed by atoms with Gasteiger partial charge in [0.1, 0.15) is 5.82 Å². The second-order valence-electron chi connectivity index (χ2n) is 3.67. The standard InChI is InChI=1S/C9H11FN2O2S/c1-15(13,14)12-4-6-2-8(10)9(11)3-7(6)5-12/h2-3H,4-5,11H2,1H3. The van der Waals surface area contributed by atoms with Gasteiger partial charge in [-0.05, 0) is 23.3 Å². The summed E-state index contributed by atoms with van der Waals surface area (Å²) in [6.45, 7) is 0.504. The molecule has 0 radical (unpaired) electrons. The van der Waals surface area contributed by atoms with Crippen LogP contribution < -0.4 is 5.73 Å². The van der Waals surface area contributed by atoms with Crippen molar-refractivity contribution in [3.63, 3.8) is 0 Å². The molecule has 1 aliphatic heterocycles. The molecule has 0 unspecified atom stereocenters. The van der Waals surface area contributed by atoms with Crippen molar-refractivity contribution in [2.75, 3.05) is 12.0 Å². The number of nitrogens with two attached hydrogens (primary N) is 1. The molecule has 0 fully saturated rings. The van der Waals surface area contributed by atoms with Crippen LogP contribution in [0.3, 0.4) is 0 Å². The van der Waals surface area contributed by atoms with Crippen molar-refractivity contribution >= 4 is 15.7 Å². The Morgan fingerprint density at radius 1 is 1.33 bits per heavy atom. The maximum Gasteiger partial charge on any atom is 0.211 e. The predicted octanol–water partition coefficient (Wildman–Crippen LogP) is 0.683. The maximum atomic E-state index is 13.1. The van der Waals surface area contributed by atoms with E-state index in [2.05, 4.69) is 0 Å². The highest BCUT2D eigenvalue weighted by Crippen LogP contribution is 2.28. The van der Waals surface area contributed by atoms with Gasteiger partial charge < -0.3 is 5.73 Å². The van der Waals surface area contributed by atoms with Crippen molar-refractivity contribution in [1.29, 1.82) is 0 Å². The lowest BCUT2D eigenvalue weighted by Gasteiger charge is -2.10. The van der Waals surface area contributed by atoms with Crippen molar-refractivity contribution in [3.05, 3.63) is 29.1 Å². The number of halogens is 1. The average molecular weight is 230 g/mol. The fourth-order valence-electron chi connectivity index (χ4n) is 1.64. The number of nitrogen functional groups attached to an aromatic ring is 1. The highest BCUT2D eigenvalue weighted by Gasteiger charge is 2.26. The highest BCUT2D eigenvalue weighted by molar-refractivity contribution is 7.88. The van der Waals surface area contributed by atoms with Crippen LogP contribution in [-0.2, 0) is 23.1 Å². The maximum absolute atomic E-state index is 13.1. The van der Waals surface area contributed by atoms with Gasteiger partial charge in [-0.1, -0.05) is 0 Å². The Bertz CT molecular complexity index is 482. The second-order valence-corrected chi connectivity index (χ2v) is 5.66. The summed E-state index contributed by atoms with van der Waals surface area (Å²) in [6.07, 6.45) is 1.14. The van der Waals surface area contributed by atoms with Crippen LogP contribution in [0.2, 0.25) is 0 Å². The van der Waals surface area contributed by atoms with Crippen LogP contribution >= 0.6 is 0 Å². The minimum atomic E-state index is -3.23. The van der Waals surface area contributed by atoms with Crippen LogP contribution in [0.5, 0.6) is 0 Å². The first-order chi connectivity index (χ1) is 6.88. The Balaban J connectivity index is 2.40. The van der Waals surface area contributed by atoms with Crippen molar-refractivity contribution in [1.82, 2.24) is 4.31 Å². The lowest BCUT2D eigenvalue weighted by molar-refractivity contribution is 0.436. The lowest BCUT2D eigenvalue weighted by atomic mass is 10.1. The molecule has 0 spiro atoms. The van der Waals surface area contributed by atoms with Crippen LogP contribution in [0.4, 0.5) is 10.1 Å². The van der Waals surface area contributed by atoms with E-state index in [4.69, 9.17) is 5.73 Å². The van der Waals surface area contributed by atoms with E-state index in [1.54, 1.807) is 0 Å². The Morgan fingerprint density at radius 3 is 2.40 bits per heavy atom. The van der Waals surface area contributed by atoms with Gasteiger partial charge in [-0.15, -0.1) is 0 Å². The molecule has 0 saturated carbocycles. The zero-order valence-electron chi connectivity index (χ0n) is 8.20. The number of sulfonamides is 1. The van der Waals surface area contributed by atoms with Crippen molar-refractivity contribution in [3.8, 4) is 0 Å². The summed E-state index contributed by atoms with van der Waals surface area (Å²) in [7, 11) is -3.23. The average Bonchev–Trinajstić information content (AvgIpc) is 2.47. The molecule has 0 amide bonds. The van der Waals surface area contributed by atoms with Crippen LogP contribution in [0.15, 0.2) is 12.1 Å². The minimum Gasteiger partial charge on any atom is -0.396 e. The van der Waals surface area contributed by atoms with Gasteiger partial charge in [0.15, 0.2) is 0 Å². The van der Waals surface area contributed by atoms with Crippen molar-refractivity contribution in [2.24, 2.45) is 0 Å². The van der Waals surface area contributed by atoms with Gasteiger partial charge in [-0.2, -0.15) is 4.31 Å². The molecule has 4 nitrogen and oxygen atoms in total. The lowest BCUT2D eigenvalue weighted by Crippen LogP contribution is -2.23. The minimum absolute atomic E-state index is 0.0594. The summed E-state index contributed by atoms with van der Waals surface area (Å²) in [4.78, 5) is 0. The van der Waals surface area contributed by atoms with E-state index in [0.29, 0.717) is 5.56 Å². The van der Waals surface area contributed by atoms with Gasteiger partial charge in [0, 0.05) is 13.1 Å². The molecule has 15 heavy (non-hydrogen) atoms. The Kier molecular flexibility index (Phi) is 2.20. The van der Waals surface area contributed by atoms with Crippen molar-refractivity contribution < 1.29 is 12.8 Å². The number of hydrogen-bond donors (Lipinski definition) is 1. The fraction of sp³-hybridized carbons (Fsp3) is 0.333. The zero-order chi connectivity index (χ0) is 11.2. The summed E-state index contributed by atoms with van der Waals surface area (Å²) in [5, 5.41) is 0. The largest absolute Gasteiger partial charge is 0.396 e. The number of rotatable bonds is 1. The Labute approximate surface area is 87.5 Å². The van der Waals surface area contributed by atoms with Gasteiger partial charge in [0.2, 0.25) is 10.0 Å². The first-order valence-corrected chi connectivity index (χ1v) is 6.24. The third kappa shape index (κ3) is 1.82. The summed E-state index contributed by atoms with van der Waals surface area (Å²) >= 11 is 0. The number of anilines is 1. The van der Waals surface area contributed by atoms with Crippen molar-refractivity contribution in [2.45, 2.75) is 13.1 Å². The summed E-state index contributed by atoms with van der Waals surface area (Å²) in [5.41, 5.74) is 6.93. The second kappa shape index (κ2) is 3.18. The Morgan fingerprint density at radius 2 is 1.87 bits per heavy atom. The van der Waals surface area contributed by atoms with Gasteiger partial charge in [-0.25, -0.2) is 12.8 Å². The summed E-state index contributed by atoms with van der Waals surface area (Å²) < 4.78 is 36.9. The zero-order valence-corrected chi connectivity index (χ0v) is 9.01. The van der Waals surface area contributed by atoms with Crippen LogP contribution in [0, 0.1) is 5.82 Å². The third-order valence-corrected chi connectivity index (χ3v) is 3.68. The van der Waals surface area contributed by atoms with Gasteiger partial charge in [-0.3, -0.25) is 0 Å². The predicted molar refractivity (Wildman–Crippen MR) is 54.9 cm³/mol. The molecular formula is C9H11FN2O2S. The molecule has 1 aliphatic rings. The molecule has 0 atom stereocenters. The highest BCUT2D eigenvalue weighted by atomic mass is 32.2. The van der Waals surface area contributed by atoms with Gasteiger partial charge >= 0.3 is 0 Å². The smallest absolute Gasteiger partial charge is 0.211 e. The van der Waals surface area contributed by atoms with E-state index in [9.17, 15) is 12.8 Å². The van der Waals surface area contributed by atoms with E-state index in [-0.39, 0.29) is 18.8 Å². The van der Waals surface area contributed by atoms with Gasteiger partial charge in [0.05, 0.1) is 11.9 Å². The molecule has 0 aliphatic carbocycles. The van der Waals surface area contributed by atoms with Gasteiger partial charge in [0.25, 0.3) is 0 Å². The topological polar surface area (TPSA) is 63.4 Å². The molecule has 0 bridgehead atoms. The monoisotopic (exact) mass is 230 g/mol. The number of hydrogen-bond acceptors (Lipinski definition) is 3. The molecule has 2 rings (SSSR count). The molecule has 1 aromatic rings. The summed E-state index contributed by atoms with van der Waals surface area (Å²) in [5.74, 6) is -0.496. The Hall–Kier alpha value is -1.14. The fourth-order valence-corrected chi connectivity index (χ4v) is 2.39. The third-order valence-electron chi connectivity index (χ3n) is 2.48. The first-order valence-electron chi connectivity index (χ1n) is 4.40. The molecule has 6 heteroatoms. The SMILES string of the molecule is CS(=O)(=O)N1Cc2cc(N)c(F)cc2C1. The van der Waals surface area contributed by atoms with Crippen LogP contribution in [-0.4, -0.2) is 19.0 Å². The van der Waals surface area contributed by atoms with Crippen LogP contribution in [0.25, 0.3) is 0 Å². The number of benzene rings is 1. The molecular weight excluding hydrogens is 219 g/mol. The molecule has 0 saturated heterocycles. The van der Waals surface area contributed by atoms with E-state index in [0.717, 1.165) is 11.8 Å².